The molecule has 21 heavy (non-hydrogen) atoms. The van der Waals surface area contributed by atoms with Crippen molar-refractivity contribution in [1.29, 1.82) is 5.26 Å². The number of nitriles is 1. The average molecular weight is 299 g/mol. The van der Waals surface area contributed by atoms with Gasteiger partial charge < -0.3 is 5.11 Å². The summed E-state index contributed by atoms with van der Waals surface area (Å²) in [4.78, 5) is 19.6. The number of hydrogen-bond donors (Lipinski definition) is 1. The molecule has 0 amide bonds. The van der Waals surface area contributed by atoms with Crippen molar-refractivity contribution in [1.82, 2.24) is 9.97 Å². The lowest BCUT2D eigenvalue weighted by atomic mass is 10.1. The molecule has 0 aliphatic carbocycles. The number of benzene rings is 1. The minimum atomic E-state index is -1.04. The van der Waals surface area contributed by atoms with E-state index in [-0.39, 0.29) is 5.56 Å². The Bertz CT molecular complexity index is 738. The highest BCUT2D eigenvalue weighted by Gasteiger charge is 2.17. The molecule has 0 spiro atoms. The van der Waals surface area contributed by atoms with Crippen LogP contribution in [0.5, 0.6) is 0 Å². The quantitative estimate of drug-likeness (QED) is 0.690. The van der Waals surface area contributed by atoms with Gasteiger partial charge in [0.15, 0.2) is 0 Å². The van der Waals surface area contributed by atoms with Gasteiger partial charge in [-0.25, -0.2) is 14.8 Å². The summed E-state index contributed by atoms with van der Waals surface area (Å²) in [5.74, 6) is -0.0166. The van der Waals surface area contributed by atoms with Crippen LogP contribution in [-0.2, 0) is 5.75 Å². The Morgan fingerprint density at radius 1 is 1.33 bits per heavy atom. The molecule has 0 radical (unpaired) electrons. The van der Waals surface area contributed by atoms with Gasteiger partial charge in [-0.3, -0.25) is 0 Å². The van der Waals surface area contributed by atoms with Crippen LogP contribution in [-0.4, -0.2) is 21.0 Å². The summed E-state index contributed by atoms with van der Waals surface area (Å²) in [5.41, 5.74) is 2.02. The van der Waals surface area contributed by atoms with Gasteiger partial charge in [0, 0.05) is 5.75 Å². The second kappa shape index (κ2) is 6.37. The van der Waals surface area contributed by atoms with E-state index in [9.17, 15) is 9.90 Å². The number of hydrogen-bond acceptors (Lipinski definition) is 5. The first kappa shape index (κ1) is 15.0. The van der Waals surface area contributed by atoms with Gasteiger partial charge in [-0.05, 0) is 25.5 Å². The van der Waals surface area contributed by atoms with Crippen molar-refractivity contribution in [2.75, 3.05) is 0 Å². The van der Waals surface area contributed by atoms with Crippen LogP contribution < -0.4 is 0 Å². The van der Waals surface area contributed by atoms with Gasteiger partial charge in [0.25, 0.3) is 0 Å². The highest BCUT2D eigenvalue weighted by Crippen LogP contribution is 2.27. The van der Waals surface area contributed by atoms with Crippen molar-refractivity contribution in [3.8, 4) is 6.07 Å². The van der Waals surface area contributed by atoms with Gasteiger partial charge in [-0.15, -0.1) is 11.8 Å². The van der Waals surface area contributed by atoms with Gasteiger partial charge in [0.2, 0.25) is 0 Å². The number of aromatic carboxylic acids is 1. The molecule has 5 nitrogen and oxygen atoms in total. The molecule has 106 valence electrons. The molecule has 1 aromatic heterocycles. The van der Waals surface area contributed by atoms with E-state index in [4.69, 9.17) is 5.26 Å². The summed E-state index contributed by atoms with van der Waals surface area (Å²) in [6, 6.07) is 9.38. The van der Waals surface area contributed by atoms with Crippen LogP contribution in [0.2, 0.25) is 0 Å². The third-order valence-corrected chi connectivity index (χ3v) is 3.91. The van der Waals surface area contributed by atoms with Crippen molar-refractivity contribution >= 4 is 17.7 Å². The van der Waals surface area contributed by atoms with E-state index in [1.54, 1.807) is 26.0 Å². The first-order valence-corrected chi connectivity index (χ1v) is 7.21. The number of carboxylic acid groups (broad SMARTS) is 1. The van der Waals surface area contributed by atoms with E-state index in [0.717, 1.165) is 5.56 Å². The smallest absolute Gasteiger partial charge is 0.340 e. The Hall–Kier alpha value is -2.39. The summed E-state index contributed by atoms with van der Waals surface area (Å²) in [5, 5.41) is 18.8. The largest absolute Gasteiger partial charge is 0.478 e. The minimum absolute atomic E-state index is 0.125. The van der Waals surface area contributed by atoms with Crippen molar-refractivity contribution in [2.24, 2.45) is 0 Å². The number of aromatic nitrogens is 2. The molecule has 0 aliphatic heterocycles. The number of rotatable bonds is 4. The number of aryl methyl sites for hydroxylation is 2. The maximum absolute atomic E-state index is 11.3. The van der Waals surface area contributed by atoms with E-state index < -0.39 is 5.97 Å². The van der Waals surface area contributed by atoms with Crippen LogP contribution in [0.25, 0.3) is 0 Å². The fourth-order valence-electron chi connectivity index (χ4n) is 1.93. The number of nitrogens with zero attached hydrogens (tertiary/aromatic N) is 3. The molecule has 1 N–H and O–H groups in total. The van der Waals surface area contributed by atoms with Crippen molar-refractivity contribution in [2.45, 2.75) is 24.6 Å². The fourth-order valence-corrected chi connectivity index (χ4v) is 3.05. The second-order valence-corrected chi connectivity index (χ2v) is 5.36. The zero-order valence-corrected chi connectivity index (χ0v) is 12.4. The molecule has 0 fully saturated rings. The SMILES string of the molecule is Cc1nc(C)c(C(=O)O)c(SCc2ccccc2C#N)n1. The zero-order chi connectivity index (χ0) is 15.4. The van der Waals surface area contributed by atoms with Crippen LogP contribution in [0.15, 0.2) is 29.3 Å². The lowest BCUT2D eigenvalue weighted by molar-refractivity contribution is 0.0690. The number of carbonyl (C=O) groups is 1. The zero-order valence-electron chi connectivity index (χ0n) is 11.6. The minimum Gasteiger partial charge on any atom is -0.478 e. The molecule has 1 aromatic carbocycles. The van der Waals surface area contributed by atoms with Crippen molar-refractivity contribution in [3.05, 3.63) is 52.5 Å². The first-order chi connectivity index (χ1) is 10.0. The summed E-state index contributed by atoms with van der Waals surface area (Å²) in [6.45, 7) is 3.39. The molecule has 2 rings (SSSR count). The van der Waals surface area contributed by atoms with Crippen molar-refractivity contribution < 1.29 is 9.90 Å². The average Bonchev–Trinajstić information content (AvgIpc) is 2.44. The van der Waals surface area contributed by atoms with E-state index >= 15 is 0 Å². The Labute approximate surface area is 126 Å². The van der Waals surface area contributed by atoms with E-state index in [1.807, 2.05) is 12.1 Å². The molecule has 1 heterocycles. The molecular weight excluding hydrogens is 286 g/mol. The molecule has 6 heteroatoms. The number of carboxylic acids is 1. The lowest BCUT2D eigenvalue weighted by Gasteiger charge is -2.09. The molecule has 0 bridgehead atoms. The third-order valence-electron chi connectivity index (χ3n) is 2.88. The predicted molar refractivity (Wildman–Crippen MR) is 79.2 cm³/mol. The molecular formula is C15H13N3O2S. The molecule has 0 atom stereocenters. The summed E-state index contributed by atoms with van der Waals surface area (Å²) < 4.78 is 0. The van der Waals surface area contributed by atoms with E-state index in [2.05, 4.69) is 16.0 Å². The number of thioether (sulfide) groups is 1. The Balaban J connectivity index is 2.32. The summed E-state index contributed by atoms with van der Waals surface area (Å²) >= 11 is 1.30. The highest BCUT2D eigenvalue weighted by atomic mass is 32.2. The second-order valence-electron chi connectivity index (χ2n) is 4.40. The van der Waals surface area contributed by atoms with Crippen LogP contribution in [0.1, 0.15) is 33.0 Å². The maximum atomic E-state index is 11.3. The van der Waals surface area contributed by atoms with Gasteiger partial charge in [-0.2, -0.15) is 5.26 Å². The van der Waals surface area contributed by atoms with Gasteiger partial charge in [0.05, 0.1) is 17.3 Å². The fraction of sp³-hybridized carbons (Fsp3) is 0.200. The molecule has 0 saturated heterocycles. The van der Waals surface area contributed by atoms with Gasteiger partial charge >= 0.3 is 5.97 Å². The standard InChI is InChI=1S/C15H13N3O2S/c1-9-13(15(19)20)14(18-10(2)17-9)21-8-12-6-4-3-5-11(12)7-16/h3-6H,8H2,1-2H3,(H,19,20). The maximum Gasteiger partial charge on any atom is 0.340 e. The predicted octanol–water partition coefficient (Wildman–Crippen LogP) is 2.96. The highest BCUT2D eigenvalue weighted by molar-refractivity contribution is 7.98. The Morgan fingerprint density at radius 3 is 2.71 bits per heavy atom. The normalized spacial score (nSPS) is 10.1. The Morgan fingerprint density at radius 2 is 2.05 bits per heavy atom. The monoisotopic (exact) mass is 299 g/mol. The third kappa shape index (κ3) is 3.38. The summed E-state index contributed by atoms with van der Waals surface area (Å²) in [6.07, 6.45) is 0. The molecule has 0 saturated carbocycles. The lowest BCUT2D eigenvalue weighted by Crippen LogP contribution is -2.08. The van der Waals surface area contributed by atoms with Gasteiger partial charge in [-0.1, -0.05) is 18.2 Å². The van der Waals surface area contributed by atoms with E-state index in [1.165, 1.54) is 11.8 Å². The Kier molecular flexibility index (Phi) is 4.55. The van der Waals surface area contributed by atoms with Crippen LogP contribution >= 0.6 is 11.8 Å². The van der Waals surface area contributed by atoms with E-state index in [0.29, 0.717) is 27.9 Å². The first-order valence-electron chi connectivity index (χ1n) is 6.22. The molecule has 0 unspecified atom stereocenters. The molecule has 0 aliphatic rings. The van der Waals surface area contributed by atoms with Gasteiger partial charge in [0.1, 0.15) is 16.4 Å². The summed E-state index contributed by atoms with van der Waals surface area (Å²) in [7, 11) is 0. The van der Waals surface area contributed by atoms with Crippen LogP contribution in [0.4, 0.5) is 0 Å². The molecule has 2 aromatic rings. The topological polar surface area (TPSA) is 86.9 Å². The van der Waals surface area contributed by atoms with Crippen molar-refractivity contribution in [3.63, 3.8) is 0 Å². The van der Waals surface area contributed by atoms with Crippen LogP contribution in [0.3, 0.4) is 0 Å². The van der Waals surface area contributed by atoms with Crippen LogP contribution in [0, 0.1) is 25.2 Å².